The number of carboxylic acid groups (broad SMARTS) is 2. The summed E-state index contributed by atoms with van der Waals surface area (Å²) < 4.78 is 129. The fraction of sp³-hybridized carbons (Fsp3) is 0.447. The number of nitrogens with two attached hydrogens (primary N) is 2. The van der Waals surface area contributed by atoms with Gasteiger partial charge in [-0.1, -0.05) is 85.6 Å². The van der Waals surface area contributed by atoms with Crippen LogP contribution in [0.3, 0.4) is 0 Å². The topological polar surface area (TPSA) is 153 Å². The molecule has 0 saturated heterocycles. The number of aliphatic carboxylic acids is 2. The molecule has 0 aromatic heterocycles. The molecular weight excluding hydrogens is 886 g/mol. The van der Waals surface area contributed by atoms with E-state index in [1.54, 1.807) is 0 Å². The van der Waals surface area contributed by atoms with Crippen molar-refractivity contribution in [2.75, 3.05) is 23.0 Å². The first-order chi connectivity index (χ1) is 27.4. The van der Waals surface area contributed by atoms with Crippen molar-refractivity contribution in [3.63, 3.8) is 0 Å². The summed E-state index contributed by atoms with van der Waals surface area (Å²) in [6, 6.07) is 11.5. The molecule has 0 spiro atoms. The third kappa shape index (κ3) is 12.8. The third-order valence-corrected chi connectivity index (χ3v) is 11.5. The average Bonchev–Trinajstić information content (AvgIpc) is 3.45. The van der Waals surface area contributed by atoms with Crippen molar-refractivity contribution in [2.45, 2.75) is 81.2 Å². The number of cyclic esters (lactones) is 1. The minimum absolute atomic E-state index is 0.00721. The van der Waals surface area contributed by atoms with E-state index in [1.807, 2.05) is 13.8 Å². The Morgan fingerprint density at radius 1 is 0.746 bits per heavy atom. The van der Waals surface area contributed by atoms with E-state index < -0.39 is 83.7 Å². The Balaban J connectivity index is 0.000000408. The zero-order chi connectivity index (χ0) is 45.0. The molecule has 3 atom stereocenters. The van der Waals surface area contributed by atoms with Gasteiger partial charge in [0.15, 0.2) is 5.41 Å². The van der Waals surface area contributed by atoms with Gasteiger partial charge >= 0.3 is 36.4 Å². The maximum Gasteiger partial charge on any atom is 0.432 e. The van der Waals surface area contributed by atoms with E-state index in [0.29, 0.717) is 21.9 Å². The van der Waals surface area contributed by atoms with Crippen molar-refractivity contribution in [2.24, 2.45) is 11.5 Å². The molecule has 0 saturated carbocycles. The third-order valence-electron chi connectivity index (χ3n) is 8.90. The van der Waals surface area contributed by atoms with Crippen molar-refractivity contribution < 1.29 is 68.8 Å². The molecule has 328 valence electrons. The van der Waals surface area contributed by atoms with Crippen LogP contribution in [-0.4, -0.2) is 81.7 Å². The summed E-state index contributed by atoms with van der Waals surface area (Å²) in [7, 11) is 0. The Morgan fingerprint density at radius 3 is 1.73 bits per heavy atom. The van der Waals surface area contributed by atoms with Crippen molar-refractivity contribution in [3.8, 4) is 11.1 Å². The van der Waals surface area contributed by atoms with E-state index in [9.17, 15) is 53.9 Å². The maximum atomic E-state index is 14.0. The predicted octanol–water partition coefficient (Wildman–Crippen LogP) is 10.5. The van der Waals surface area contributed by atoms with Gasteiger partial charge in [-0.25, -0.2) is 4.79 Å². The first kappa shape index (κ1) is 51.8. The minimum Gasteiger partial charge on any atom is -0.480 e. The maximum absolute atomic E-state index is 14.0. The van der Waals surface area contributed by atoms with E-state index >= 15 is 0 Å². The molecule has 8 nitrogen and oxygen atoms in total. The number of carboxylic acids is 2. The molecule has 1 aliphatic heterocycles. The van der Waals surface area contributed by atoms with E-state index in [2.05, 4.69) is 0 Å². The second-order valence-corrected chi connectivity index (χ2v) is 15.8. The van der Waals surface area contributed by atoms with Gasteiger partial charge in [0.05, 0.1) is 5.56 Å². The van der Waals surface area contributed by atoms with Crippen LogP contribution in [0.15, 0.2) is 66.7 Å². The summed E-state index contributed by atoms with van der Waals surface area (Å²) in [5, 5.41) is 17.9. The highest BCUT2D eigenvalue weighted by atomic mass is 35.5. The number of ether oxygens (including phenoxy) is 1. The molecule has 0 radical (unpaired) electrons. The van der Waals surface area contributed by atoms with Crippen LogP contribution in [0.4, 0.5) is 39.5 Å². The zero-order valence-corrected chi connectivity index (χ0v) is 34.5. The molecule has 0 aliphatic carbocycles. The monoisotopic (exact) mass is 926 g/mol. The van der Waals surface area contributed by atoms with Crippen molar-refractivity contribution in [1.29, 1.82) is 0 Å². The Kier molecular flexibility index (Phi) is 19.3. The van der Waals surface area contributed by atoms with Crippen LogP contribution in [0, 0.1) is 0 Å². The van der Waals surface area contributed by atoms with Gasteiger partial charge in [0, 0.05) is 27.6 Å². The smallest absolute Gasteiger partial charge is 0.432 e. The van der Waals surface area contributed by atoms with E-state index in [0.717, 1.165) is 47.8 Å². The molecular formula is C38H41Cl2F9N2O6S2. The summed E-state index contributed by atoms with van der Waals surface area (Å²) in [6.07, 6.45) is -17.6. The largest absolute Gasteiger partial charge is 0.480 e. The number of esters is 1. The summed E-state index contributed by atoms with van der Waals surface area (Å²) in [6.45, 7) is 4.00. The van der Waals surface area contributed by atoms with Crippen LogP contribution in [-0.2, 0) is 25.3 Å². The number of alkyl halides is 9. The average molecular weight is 928 g/mol. The number of hydrogen-bond acceptors (Lipinski definition) is 8. The Hall–Kier alpha value is -3.36. The summed E-state index contributed by atoms with van der Waals surface area (Å²) in [5.74, 6) is -3.58. The fourth-order valence-corrected chi connectivity index (χ4v) is 8.36. The van der Waals surface area contributed by atoms with Gasteiger partial charge < -0.3 is 26.4 Å². The Bertz CT molecular complexity index is 1850. The highest BCUT2D eigenvalue weighted by Gasteiger charge is 2.71. The van der Waals surface area contributed by atoms with Gasteiger partial charge in [-0.05, 0) is 71.6 Å². The second kappa shape index (κ2) is 21.9. The highest BCUT2D eigenvalue weighted by molar-refractivity contribution is 7.99. The van der Waals surface area contributed by atoms with Gasteiger partial charge in [-0.2, -0.15) is 63.0 Å². The molecule has 3 aromatic carbocycles. The number of benzene rings is 3. The molecule has 0 bridgehead atoms. The van der Waals surface area contributed by atoms with E-state index in [4.69, 9.17) is 49.6 Å². The molecule has 0 fully saturated rings. The highest BCUT2D eigenvalue weighted by Crippen LogP contribution is 2.55. The minimum atomic E-state index is -5.62. The van der Waals surface area contributed by atoms with Crippen LogP contribution in [0.25, 0.3) is 11.1 Å². The molecule has 21 heteroatoms. The SMILES string of the molecule is CC.NC(CCSCCC(c1ccc(-c2ccc(Cl)cc2Cl)cc1)(C(F)(F)F)C(F)(F)F)C(=O)O.NC(CCSCCC1(C(F)(F)F)OC(=O)c2ccccc21)C(=O)O. The number of halogens is 11. The molecule has 59 heavy (non-hydrogen) atoms. The van der Waals surface area contributed by atoms with Crippen LogP contribution in [0.1, 0.15) is 61.0 Å². The summed E-state index contributed by atoms with van der Waals surface area (Å²) in [4.78, 5) is 33.0. The van der Waals surface area contributed by atoms with Crippen LogP contribution >= 0.6 is 46.7 Å². The lowest BCUT2D eigenvalue weighted by Crippen LogP contribution is -2.54. The molecule has 4 rings (SSSR count). The molecule has 3 aromatic rings. The Morgan fingerprint density at radius 2 is 1.25 bits per heavy atom. The lowest BCUT2D eigenvalue weighted by atomic mass is 9.76. The molecule has 6 N–H and O–H groups in total. The number of rotatable bonds is 16. The van der Waals surface area contributed by atoms with Gasteiger partial charge in [-0.15, -0.1) is 0 Å². The van der Waals surface area contributed by atoms with Crippen molar-refractivity contribution >= 4 is 64.6 Å². The lowest BCUT2D eigenvalue weighted by molar-refractivity contribution is -0.304. The second-order valence-electron chi connectivity index (χ2n) is 12.6. The van der Waals surface area contributed by atoms with Gasteiger partial charge in [-0.3, -0.25) is 9.59 Å². The van der Waals surface area contributed by atoms with Gasteiger partial charge in [0.2, 0.25) is 5.60 Å². The number of carbonyl (C=O) groups excluding carboxylic acids is 1. The van der Waals surface area contributed by atoms with Crippen LogP contribution in [0.2, 0.25) is 10.0 Å². The van der Waals surface area contributed by atoms with E-state index in [-0.39, 0.29) is 40.5 Å². The first-order valence-corrected chi connectivity index (χ1v) is 20.7. The molecule has 3 unspecified atom stereocenters. The fourth-order valence-electron chi connectivity index (χ4n) is 5.71. The number of thioether (sulfide) groups is 2. The van der Waals surface area contributed by atoms with Crippen molar-refractivity contribution in [3.05, 3.63) is 93.5 Å². The summed E-state index contributed by atoms with van der Waals surface area (Å²) >= 11 is 13.8. The molecule has 1 aliphatic rings. The first-order valence-electron chi connectivity index (χ1n) is 17.6. The molecule has 1 heterocycles. The number of carbonyl (C=O) groups is 3. The van der Waals surface area contributed by atoms with Gasteiger partial charge in [0.25, 0.3) is 0 Å². The standard InChI is InChI=1S/C21H19Cl2F6NO2S.C15H16F3NO4S.C2H6/c22-14-5-6-15(16(23)11-14)12-1-3-13(4-2-12)19(20(24,25)26,21(27,28)29)8-10-33-9-7-17(30)18(31)32;16-15(17,18)14(6-8-24-7-5-11(19)12(20)21)10-4-2-1-3-9(10)13(22)23-14;1-2/h1-6,11,17H,7-10,30H2,(H,31,32);1-4,11H,5-8,19H2,(H,20,21);1-2H3. The molecule has 0 amide bonds. The van der Waals surface area contributed by atoms with Crippen LogP contribution < -0.4 is 11.5 Å². The number of hydrogen-bond donors (Lipinski definition) is 4. The Labute approximate surface area is 352 Å². The van der Waals surface area contributed by atoms with Crippen molar-refractivity contribution in [1.82, 2.24) is 0 Å². The predicted molar refractivity (Wildman–Crippen MR) is 211 cm³/mol. The summed E-state index contributed by atoms with van der Waals surface area (Å²) in [5.41, 5.74) is 3.44. The van der Waals surface area contributed by atoms with E-state index in [1.165, 1.54) is 42.5 Å². The van der Waals surface area contributed by atoms with Crippen LogP contribution in [0.5, 0.6) is 0 Å². The normalized spacial score (nSPS) is 16.4. The zero-order valence-electron chi connectivity index (χ0n) is 31.3. The lowest BCUT2D eigenvalue weighted by Gasteiger charge is -2.38. The quantitative estimate of drug-likeness (QED) is 0.0620. The van der Waals surface area contributed by atoms with Gasteiger partial charge in [0.1, 0.15) is 12.1 Å². The number of fused-ring (bicyclic) bond motifs is 1.